The van der Waals surface area contributed by atoms with Crippen molar-refractivity contribution in [2.24, 2.45) is 5.41 Å². The number of rotatable bonds is 1. The lowest BCUT2D eigenvalue weighted by Crippen LogP contribution is -2.73. The largest absolute Gasteiger partial charge is 0.465 e. The monoisotopic (exact) mass is 218 g/mol. The van der Waals surface area contributed by atoms with Crippen LogP contribution in [0.2, 0.25) is 0 Å². The standard InChI is InChI=1S/C12H14N2O2/c15-11(16)14-8-12(9-14)6-13(7-12)10-4-2-1-3-5-10/h1-5H,6-9H2,(H,15,16). The quantitative estimate of drug-likeness (QED) is 0.776. The molecule has 0 aromatic heterocycles. The van der Waals surface area contributed by atoms with Gasteiger partial charge in [-0.15, -0.1) is 0 Å². The van der Waals surface area contributed by atoms with Gasteiger partial charge in [0, 0.05) is 37.3 Å². The van der Waals surface area contributed by atoms with E-state index in [2.05, 4.69) is 17.0 Å². The lowest BCUT2D eigenvalue weighted by atomic mass is 9.73. The van der Waals surface area contributed by atoms with Crippen molar-refractivity contribution in [3.05, 3.63) is 30.3 Å². The number of benzene rings is 1. The van der Waals surface area contributed by atoms with Crippen molar-refractivity contribution in [3.63, 3.8) is 0 Å². The van der Waals surface area contributed by atoms with Gasteiger partial charge in [0.15, 0.2) is 0 Å². The van der Waals surface area contributed by atoms with Crippen LogP contribution < -0.4 is 4.90 Å². The molecule has 84 valence electrons. The Labute approximate surface area is 94.1 Å². The molecule has 1 amide bonds. The van der Waals surface area contributed by atoms with E-state index in [1.54, 1.807) is 0 Å². The molecule has 2 saturated heterocycles. The summed E-state index contributed by atoms with van der Waals surface area (Å²) in [4.78, 5) is 14.5. The van der Waals surface area contributed by atoms with Gasteiger partial charge in [-0.2, -0.15) is 0 Å². The molecule has 4 heteroatoms. The summed E-state index contributed by atoms with van der Waals surface area (Å²) in [6.07, 6.45) is -0.788. The van der Waals surface area contributed by atoms with E-state index in [0.29, 0.717) is 13.1 Å². The maximum atomic E-state index is 10.7. The minimum Gasteiger partial charge on any atom is -0.465 e. The minimum atomic E-state index is -0.788. The Bertz CT molecular complexity index is 404. The fraction of sp³-hybridized carbons (Fsp3) is 0.417. The van der Waals surface area contributed by atoms with Crippen molar-refractivity contribution in [2.75, 3.05) is 31.1 Å². The Morgan fingerprint density at radius 1 is 1.12 bits per heavy atom. The first-order valence-electron chi connectivity index (χ1n) is 5.46. The number of para-hydroxylation sites is 1. The molecule has 2 heterocycles. The minimum absolute atomic E-state index is 0.244. The molecule has 2 fully saturated rings. The van der Waals surface area contributed by atoms with Gasteiger partial charge in [0.2, 0.25) is 0 Å². The highest BCUT2D eigenvalue weighted by Crippen LogP contribution is 2.41. The predicted octanol–water partition coefficient (Wildman–Crippen LogP) is 1.49. The van der Waals surface area contributed by atoms with E-state index in [4.69, 9.17) is 5.11 Å². The van der Waals surface area contributed by atoms with Crippen LogP contribution in [0.1, 0.15) is 0 Å². The molecule has 0 aliphatic carbocycles. The third-order valence-corrected chi connectivity index (χ3v) is 3.50. The zero-order valence-corrected chi connectivity index (χ0v) is 8.97. The zero-order valence-electron chi connectivity index (χ0n) is 8.97. The summed E-state index contributed by atoms with van der Waals surface area (Å²) in [7, 11) is 0. The second-order valence-electron chi connectivity index (χ2n) is 4.83. The summed E-state index contributed by atoms with van der Waals surface area (Å²) >= 11 is 0. The number of hydrogen-bond donors (Lipinski definition) is 1. The molecule has 1 aromatic carbocycles. The highest BCUT2D eigenvalue weighted by molar-refractivity contribution is 5.67. The highest BCUT2D eigenvalue weighted by Gasteiger charge is 2.53. The van der Waals surface area contributed by atoms with Gasteiger partial charge in [0.1, 0.15) is 0 Å². The Morgan fingerprint density at radius 3 is 2.31 bits per heavy atom. The normalized spacial score (nSPS) is 21.5. The average Bonchev–Trinajstić information content (AvgIpc) is 2.14. The van der Waals surface area contributed by atoms with E-state index < -0.39 is 6.09 Å². The summed E-state index contributed by atoms with van der Waals surface area (Å²) < 4.78 is 0. The molecule has 16 heavy (non-hydrogen) atoms. The molecule has 0 atom stereocenters. The van der Waals surface area contributed by atoms with Crippen LogP contribution in [0.4, 0.5) is 10.5 Å². The van der Waals surface area contributed by atoms with Gasteiger partial charge in [-0.3, -0.25) is 0 Å². The Kier molecular flexibility index (Phi) is 1.87. The lowest BCUT2D eigenvalue weighted by Gasteiger charge is -2.60. The van der Waals surface area contributed by atoms with Crippen LogP contribution in [0.15, 0.2) is 30.3 Å². The van der Waals surface area contributed by atoms with Crippen LogP contribution in [0.5, 0.6) is 0 Å². The fourth-order valence-electron chi connectivity index (χ4n) is 2.68. The van der Waals surface area contributed by atoms with Gasteiger partial charge in [-0.1, -0.05) is 18.2 Å². The molecule has 2 aliphatic rings. The lowest BCUT2D eigenvalue weighted by molar-refractivity contribution is -0.00941. The molecule has 1 N–H and O–H groups in total. The topological polar surface area (TPSA) is 43.8 Å². The van der Waals surface area contributed by atoms with Crippen LogP contribution >= 0.6 is 0 Å². The summed E-state index contributed by atoms with van der Waals surface area (Å²) in [5, 5.41) is 8.78. The Hall–Kier alpha value is -1.71. The van der Waals surface area contributed by atoms with Gasteiger partial charge < -0.3 is 14.9 Å². The van der Waals surface area contributed by atoms with Crippen molar-refractivity contribution >= 4 is 11.8 Å². The first kappa shape index (κ1) is 9.51. The van der Waals surface area contributed by atoms with E-state index in [1.807, 2.05) is 18.2 Å². The fourth-order valence-corrected chi connectivity index (χ4v) is 2.68. The number of likely N-dealkylation sites (tertiary alicyclic amines) is 1. The molecule has 0 radical (unpaired) electrons. The van der Waals surface area contributed by atoms with Crippen molar-refractivity contribution < 1.29 is 9.90 Å². The van der Waals surface area contributed by atoms with E-state index in [-0.39, 0.29) is 5.41 Å². The third-order valence-electron chi connectivity index (χ3n) is 3.50. The zero-order chi connectivity index (χ0) is 11.2. The van der Waals surface area contributed by atoms with E-state index in [0.717, 1.165) is 13.1 Å². The molecule has 2 aliphatic heterocycles. The Balaban J connectivity index is 1.59. The number of anilines is 1. The van der Waals surface area contributed by atoms with Gasteiger partial charge in [-0.25, -0.2) is 4.79 Å². The number of hydrogen-bond acceptors (Lipinski definition) is 2. The van der Waals surface area contributed by atoms with Gasteiger partial charge in [0.05, 0.1) is 0 Å². The number of nitrogens with zero attached hydrogens (tertiary/aromatic N) is 2. The van der Waals surface area contributed by atoms with Crippen molar-refractivity contribution in [3.8, 4) is 0 Å². The molecule has 0 unspecified atom stereocenters. The number of amides is 1. The molecule has 0 saturated carbocycles. The van der Waals surface area contributed by atoms with Gasteiger partial charge in [-0.05, 0) is 12.1 Å². The second kappa shape index (κ2) is 3.14. The number of carboxylic acid groups (broad SMARTS) is 1. The van der Waals surface area contributed by atoms with Crippen molar-refractivity contribution in [2.45, 2.75) is 0 Å². The van der Waals surface area contributed by atoms with E-state index in [1.165, 1.54) is 10.6 Å². The SMILES string of the molecule is O=C(O)N1CC2(C1)CN(c1ccccc1)C2. The first-order valence-corrected chi connectivity index (χ1v) is 5.46. The van der Waals surface area contributed by atoms with E-state index in [9.17, 15) is 4.79 Å². The summed E-state index contributed by atoms with van der Waals surface area (Å²) in [5.41, 5.74) is 1.48. The Morgan fingerprint density at radius 2 is 1.75 bits per heavy atom. The summed E-state index contributed by atoms with van der Waals surface area (Å²) in [6.45, 7) is 3.37. The summed E-state index contributed by atoms with van der Waals surface area (Å²) in [5.74, 6) is 0. The molecule has 0 bridgehead atoms. The van der Waals surface area contributed by atoms with Crippen LogP contribution in [-0.2, 0) is 0 Å². The van der Waals surface area contributed by atoms with Gasteiger partial charge >= 0.3 is 6.09 Å². The predicted molar refractivity (Wildman–Crippen MR) is 60.7 cm³/mol. The van der Waals surface area contributed by atoms with E-state index >= 15 is 0 Å². The maximum absolute atomic E-state index is 10.7. The van der Waals surface area contributed by atoms with Crippen LogP contribution in [0, 0.1) is 5.41 Å². The molecule has 4 nitrogen and oxygen atoms in total. The molecule has 1 aromatic rings. The highest BCUT2D eigenvalue weighted by atomic mass is 16.4. The molecular weight excluding hydrogens is 204 g/mol. The van der Waals surface area contributed by atoms with Gasteiger partial charge in [0.25, 0.3) is 0 Å². The van der Waals surface area contributed by atoms with Crippen LogP contribution in [0.3, 0.4) is 0 Å². The number of carbonyl (C=O) groups is 1. The smallest absolute Gasteiger partial charge is 0.407 e. The molecule has 1 spiro atoms. The van der Waals surface area contributed by atoms with Crippen molar-refractivity contribution in [1.29, 1.82) is 0 Å². The van der Waals surface area contributed by atoms with Crippen molar-refractivity contribution in [1.82, 2.24) is 4.90 Å². The first-order chi connectivity index (χ1) is 7.69. The van der Waals surface area contributed by atoms with Crippen LogP contribution in [-0.4, -0.2) is 42.3 Å². The third kappa shape index (κ3) is 1.33. The average molecular weight is 218 g/mol. The molecule has 3 rings (SSSR count). The summed E-state index contributed by atoms with van der Waals surface area (Å²) in [6, 6.07) is 10.3. The molecular formula is C12H14N2O2. The maximum Gasteiger partial charge on any atom is 0.407 e. The van der Waals surface area contributed by atoms with Crippen LogP contribution in [0.25, 0.3) is 0 Å². The second-order valence-corrected chi connectivity index (χ2v) is 4.83.